The van der Waals surface area contributed by atoms with Crippen LogP contribution in [0, 0.1) is 0 Å². The van der Waals surface area contributed by atoms with Crippen molar-refractivity contribution in [2.75, 3.05) is 6.54 Å². The number of hydrogen-bond donors (Lipinski definition) is 1. The fourth-order valence-electron chi connectivity index (χ4n) is 0.894. The van der Waals surface area contributed by atoms with Crippen molar-refractivity contribution in [3.05, 3.63) is 29.6 Å². The van der Waals surface area contributed by atoms with E-state index in [1.807, 2.05) is 0 Å². The predicted octanol–water partition coefficient (Wildman–Crippen LogP) is 0.0901. The number of rotatable bonds is 2. The second-order valence-electron chi connectivity index (χ2n) is 2.42. The van der Waals surface area contributed by atoms with E-state index in [-0.39, 0.29) is 12.3 Å². The van der Waals surface area contributed by atoms with Crippen LogP contribution in [-0.4, -0.2) is 18.5 Å². The van der Waals surface area contributed by atoms with Gasteiger partial charge in [0.1, 0.15) is 11.7 Å². The Morgan fingerprint density at radius 1 is 1.69 bits per heavy atom. The van der Waals surface area contributed by atoms with E-state index in [0.29, 0.717) is 12.0 Å². The largest absolute Gasteiger partial charge is 0.424 e. The molecule has 0 atom stereocenters. The Kier molecular flexibility index (Phi) is 3.20. The van der Waals surface area contributed by atoms with Gasteiger partial charge in [0, 0.05) is 6.42 Å². The van der Waals surface area contributed by atoms with Crippen molar-refractivity contribution in [2.24, 2.45) is 5.73 Å². The summed E-state index contributed by atoms with van der Waals surface area (Å²) < 4.78 is 4.79. The first-order valence-corrected chi connectivity index (χ1v) is 3.80. The fourth-order valence-corrected chi connectivity index (χ4v) is 0.894. The molecular weight excluding hydrogens is 170 g/mol. The number of carbonyl (C=O) groups is 1. The average molecular weight is 179 g/mol. The van der Waals surface area contributed by atoms with Gasteiger partial charge in [0.15, 0.2) is 0 Å². The van der Waals surface area contributed by atoms with E-state index < -0.39 is 5.97 Å². The van der Waals surface area contributed by atoms with Crippen molar-refractivity contribution in [1.82, 2.24) is 0 Å². The molecule has 68 valence electrons. The Labute approximate surface area is 75.4 Å². The van der Waals surface area contributed by atoms with Gasteiger partial charge >= 0.3 is 5.97 Å². The quantitative estimate of drug-likeness (QED) is 0.481. The van der Waals surface area contributed by atoms with Gasteiger partial charge in [0.2, 0.25) is 0 Å². The van der Waals surface area contributed by atoms with Crippen molar-refractivity contribution in [2.45, 2.75) is 6.42 Å². The molecule has 0 fully saturated rings. The molecular formula is C9H9NO3. The van der Waals surface area contributed by atoms with Crippen LogP contribution in [0.5, 0.6) is 0 Å². The molecule has 4 heteroatoms. The van der Waals surface area contributed by atoms with E-state index in [4.69, 9.17) is 10.5 Å². The molecule has 0 aromatic carbocycles. The van der Waals surface area contributed by atoms with Crippen LogP contribution in [0.25, 0.3) is 0 Å². The smallest absolute Gasteiger partial charge is 0.325 e. The highest BCUT2D eigenvalue weighted by Crippen LogP contribution is 2.17. The van der Waals surface area contributed by atoms with Crippen LogP contribution in [0.3, 0.4) is 0 Å². The summed E-state index contributed by atoms with van der Waals surface area (Å²) in [6.45, 7) is -0.201. The normalized spacial score (nSPS) is 14.8. The minimum atomic E-state index is -0.561. The standard InChI is InChI=1S/C9H9NO3/c10-5-9(12)13-8-4-2-1-3-7(8)6-11/h1-2,4H,3,5,10H2. The van der Waals surface area contributed by atoms with Gasteiger partial charge in [0.05, 0.1) is 12.1 Å². The predicted molar refractivity (Wildman–Crippen MR) is 46.2 cm³/mol. The lowest BCUT2D eigenvalue weighted by Gasteiger charge is -2.09. The van der Waals surface area contributed by atoms with Crippen LogP contribution < -0.4 is 5.73 Å². The molecule has 4 nitrogen and oxygen atoms in total. The summed E-state index contributed by atoms with van der Waals surface area (Å²) in [5.41, 5.74) is 5.39. The number of ether oxygens (including phenoxy) is 1. The third-order valence-electron chi connectivity index (χ3n) is 1.52. The number of carbonyl (C=O) groups excluding carboxylic acids is 2. The lowest BCUT2D eigenvalue weighted by molar-refractivity contribution is -0.137. The first-order valence-electron chi connectivity index (χ1n) is 3.80. The molecule has 1 aliphatic carbocycles. The van der Waals surface area contributed by atoms with Crippen molar-refractivity contribution in [3.63, 3.8) is 0 Å². The van der Waals surface area contributed by atoms with Crippen molar-refractivity contribution in [3.8, 4) is 0 Å². The van der Waals surface area contributed by atoms with Crippen LogP contribution in [0.15, 0.2) is 29.6 Å². The summed E-state index contributed by atoms with van der Waals surface area (Å²) in [7, 11) is 0. The van der Waals surface area contributed by atoms with E-state index in [1.165, 1.54) is 6.08 Å². The zero-order chi connectivity index (χ0) is 9.68. The molecule has 0 saturated heterocycles. The topological polar surface area (TPSA) is 69.4 Å². The maximum Gasteiger partial charge on any atom is 0.325 e. The summed E-state index contributed by atoms with van der Waals surface area (Å²) in [6, 6.07) is 0. The van der Waals surface area contributed by atoms with Crippen LogP contribution in [0.1, 0.15) is 6.42 Å². The lowest BCUT2D eigenvalue weighted by Crippen LogP contribution is -2.17. The van der Waals surface area contributed by atoms with E-state index in [9.17, 15) is 9.59 Å². The van der Waals surface area contributed by atoms with Crippen LogP contribution in [0.4, 0.5) is 0 Å². The van der Waals surface area contributed by atoms with Gasteiger partial charge in [-0.2, -0.15) is 0 Å². The van der Waals surface area contributed by atoms with E-state index in [2.05, 4.69) is 0 Å². The van der Waals surface area contributed by atoms with Crippen molar-refractivity contribution >= 4 is 11.9 Å². The Balaban J connectivity index is 2.76. The molecule has 2 N–H and O–H groups in total. The summed E-state index contributed by atoms with van der Waals surface area (Å²) in [5.74, 6) is 1.40. The van der Waals surface area contributed by atoms with E-state index in [1.54, 1.807) is 18.1 Å². The molecule has 0 saturated carbocycles. The lowest BCUT2D eigenvalue weighted by atomic mass is 10.1. The second kappa shape index (κ2) is 4.40. The molecule has 1 rings (SSSR count). The van der Waals surface area contributed by atoms with Crippen LogP contribution in [-0.2, 0) is 14.3 Å². The van der Waals surface area contributed by atoms with Gasteiger partial charge in [-0.25, -0.2) is 4.79 Å². The van der Waals surface area contributed by atoms with Gasteiger partial charge in [-0.3, -0.25) is 4.79 Å². The van der Waals surface area contributed by atoms with Crippen LogP contribution in [0.2, 0.25) is 0 Å². The summed E-state index contributed by atoms with van der Waals surface area (Å²) in [5, 5.41) is 0. The Morgan fingerprint density at radius 2 is 2.46 bits per heavy atom. The molecule has 0 aromatic heterocycles. The van der Waals surface area contributed by atoms with Gasteiger partial charge in [-0.05, 0) is 6.08 Å². The highest BCUT2D eigenvalue weighted by molar-refractivity contribution is 5.75. The number of esters is 1. The third-order valence-corrected chi connectivity index (χ3v) is 1.52. The van der Waals surface area contributed by atoms with Crippen LogP contribution >= 0.6 is 0 Å². The van der Waals surface area contributed by atoms with Gasteiger partial charge in [-0.1, -0.05) is 12.2 Å². The maximum atomic E-state index is 10.8. The van der Waals surface area contributed by atoms with Crippen molar-refractivity contribution < 1.29 is 14.3 Å². The first kappa shape index (κ1) is 9.45. The number of hydrogen-bond acceptors (Lipinski definition) is 4. The Bertz CT molecular complexity index is 322. The molecule has 0 amide bonds. The zero-order valence-corrected chi connectivity index (χ0v) is 6.95. The third kappa shape index (κ3) is 2.40. The summed E-state index contributed by atoms with van der Waals surface area (Å²) in [4.78, 5) is 21.2. The number of nitrogens with two attached hydrogens (primary N) is 1. The Hall–Kier alpha value is -1.64. The SMILES string of the molecule is NCC(=O)OC1=CC=CCC1=C=O. The van der Waals surface area contributed by atoms with Gasteiger partial charge in [0.25, 0.3) is 0 Å². The monoisotopic (exact) mass is 179 g/mol. The molecule has 13 heavy (non-hydrogen) atoms. The summed E-state index contributed by atoms with van der Waals surface area (Å²) in [6.07, 6.45) is 5.46. The molecule has 0 heterocycles. The zero-order valence-electron chi connectivity index (χ0n) is 6.95. The molecule has 0 bridgehead atoms. The maximum absolute atomic E-state index is 10.8. The van der Waals surface area contributed by atoms with Gasteiger partial charge in [-0.15, -0.1) is 0 Å². The molecule has 1 aliphatic rings. The van der Waals surface area contributed by atoms with Gasteiger partial charge < -0.3 is 10.5 Å². The minimum Gasteiger partial charge on any atom is -0.424 e. The molecule has 0 spiro atoms. The fraction of sp³-hybridized carbons (Fsp3) is 0.222. The molecule has 0 radical (unpaired) electrons. The minimum absolute atomic E-state index is 0.201. The average Bonchev–Trinajstić information content (AvgIpc) is 2.18. The van der Waals surface area contributed by atoms with Crippen molar-refractivity contribution in [1.29, 1.82) is 0 Å². The highest BCUT2D eigenvalue weighted by Gasteiger charge is 2.12. The first-order chi connectivity index (χ1) is 6.27. The molecule has 0 aliphatic heterocycles. The molecule has 0 unspecified atom stereocenters. The van der Waals surface area contributed by atoms with E-state index >= 15 is 0 Å². The highest BCUT2D eigenvalue weighted by atomic mass is 16.5. The van der Waals surface area contributed by atoms with E-state index in [0.717, 1.165) is 0 Å². The Morgan fingerprint density at radius 3 is 3.08 bits per heavy atom. The number of allylic oxidation sites excluding steroid dienone is 4. The summed E-state index contributed by atoms with van der Waals surface area (Å²) >= 11 is 0. The second-order valence-corrected chi connectivity index (χ2v) is 2.42. The molecule has 0 aromatic rings.